The molecular formula is C18H28N4O2. The number of carbonyl (C=O) groups is 2. The van der Waals surface area contributed by atoms with Gasteiger partial charge in [0.15, 0.2) is 0 Å². The van der Waals surface area contributed by atoms with Crippen LogP contribution in [-0.2, 0) is 9.59 Å². The number of nitriles is 2. The summed E-state index contributed by atoms with van der Waals surface area (Å²) < 4.78 is 0. The van der Waals surface area contributed by atoms with Gasteiger partial charge in [-0.3, -0.25) is 9.59 Å². The largest absolute Gasteiger partial charge is 0.353 e. The highest BCUT2D eigenvalue weighted by Crippen LogP contribution is 2.04. The molecule has 0 saturated heterocycles. The maximum absolute atomic E-state index is 12.0. The van der Waals surface area contributed by atoms with Crippen LogP contribution in [0, 0.1) is 22.7 Å². The van der Waals surface area contributed by atoms with Crippen LogP contribution in [0.1, 0.15) is 58.3 Å². The van der Waals surface area contributed by atoms with Gasteiger partial charge < -0.3 is 10.2 Å². The van der Waals surface area contributed by atoms with Gasteiger partial charge in [-0.2, -0.15) is 10.5 Å². The molecule has 0 heterocycles. The number of nitrogens with zero attached hydrogens (tertiary/aromatic N) is 3. The number of unbranched alkanes of at least 4 members (excludes halogenated alkanes) is 5. The molecule has 0 aromatic heterocycles. The lowest BCUT2D eigenvalue weighted by molar-refractivity contribution is -0.126. The van der Waals surface area contributed by atoms with Crippen LogP contribution in [-0.4, -0.2) is 36.3 Å². The predicted octanol–water partition coefficient (Wildman–Crippen LogP) is 2.68. The third kappa shape index (κ3) is 12.2. The molecule has 2 amide bonds. The average Bonchev–Trinajstić information content (AvgIpc) is 2.59. The minimum Gasteiger partial charge on any atom is -0.353 e. The fraction of sp³-hybridized carbons (Fsp3) is 0.667. The Balaban J connectivity index is 4.05. The molecular weight excluding hydrogens is 304 g/mol. The predicted molar refractivity (Wildman–Crippen MR) is 92.6 cm³/mol. The highest BCUT2D eigenvalue weighted by atomic mass is 16.2. The molecule has 0 aliphatic rings. The van der Waals surface area contributed by atoms with Crippen molar-refractivity contribution in [2.45, 2.75) is 58.3 Å². The molecule has 0 bridgehead atoms. The monoisotopic (exact) mass is 332 g/mol. The van der Waals surface area contributed by atoms with Crippen molar-refractivity contribution in [1.82, 2.24) is 10.2 Å². The van der Waals surface area contributed by atoms with E-state index < -0.39 is 0 Å². The number of amides is 2. The first-order chi connectivity index (χ1) is 11.7. The van der Waals surface area contributed by atoms with Gasteiger partial charge in [0.1, 0.15) is 0 Å². The second-order valence-electron chi connectivity index (χ2n) is 5.53. The first kappa shape index (κ1) is 21.7. The third-order valence-electron chi connectivity index (χ3n) is 3.51. The molecule has 0 saturated carbocycles. The van der Waals surface area contributed by atoms with Gasteiger partial charge in [0.25, 0.3) is 0 Å². The van der Waals surface area contributed by atoms with E-state index in [2.05, 4.69) is 12.2 Å². The van der Waals surface area contributed by atoms with Gasteiger partial charge in [-0.25, -0.2) is 0 Å². The van der Waals surface area contributed by atoms with Crippen molar-refractivity contribution in [3.05, 3.63) is 12.2 Å². The van der Waals surface area contributed by atoms with E-state index in [-0.39, 0.29) is 37.7 Å². The zero-order chi connectivity index (χ0) is 18.0. The second kappa shape index (κ2) is 15.6. The lowest BCUT2D eigenvalue weighted by Crippen LogP contribution is -2.32. The van der Waals surface area contributed by atoms with Crippen LogP contribution in [0.5, 0.6) is 0 Å². The van der Waals surface area contributed by atoms with Gasteiger partial charge in [0, 0.05) is 31.8 Å². The quantitative estimate of drug-likeness (QED) is 0.414. The molecule has 132 valence electrons. The van der Waals surface area contributed by atoms with Gasteiger partial charge in [-0.05, 0) is 6.42 Å². The summed E-state index contributed by atoms with van der Waals surface area (Å²) >= 11 is 0. The molecule has 0 aromatic rings. The number of hydrogen-bond donors (Lipinski definition) is 1. The van der Waals surface area contributed by atoms with E-state index in [1.54, 1.807) is 0 Å². The molecule has 0 aromatic carbocycles. The highest BCUT2D eigenvalue weighted by Gasteiger charge is 2.10. The maximum atomic E-state index is 12.0. The molecule has 0 aliphatic carbocycles. The van der Waals surface area contributed by atoms with Crippen LogP contribution in [0.4, 0.5) is 0 Å². The van der Waals surface area contributed by atoms with Crippen molar-refractivity contribution in [1.29, 1.82) is 10.5 Å². The summed E-state index contributed by atoms with van der Waals surface area (Å²) in [4.78, 5) is 25.0. The summed E-state index contributed by atoms with van der Waals surface area (Å²) in [5, 5.41) is 19.9. The minimum atomic E-state index is -0.352. The fourth-order valence-corrected chi connectivity index (χ4v) is 2.13. The Morgan fingerprint density at radius 1 is 0.958 bits per heavy atom. The first-order valence-electron chi connectivity index (χ1n) is 8.64. The zero-order valence-electron chi connectivity index (χ0n) is 14.6. The topological polar surface area (TPSA) is 97.0 Å². The Morgan fingerprint density at radius 3 is 2.12 bits per heavy atom. The minimum absolute atomic E-state index is 0.204. The van der Waals surface area contributed by atoms with Crippen molar-refractivity contribution in [3.8, 4) is 12.1 Å². The number of hydrogen-bond acceptors (Lipinski definition) is 4. The van der Waals surface area contributed by atoms with Gasteiger partial charge in [-0.15, -0.1) is 0 Å². The molecule has 0 radical (unpaired) electrons. The lowest BCUT2D eigenvalue weighted by Gasteiger charge is -2.18. The molecule has 0 rings (SSSR count). The lowest BCUT2D eigenvalue weighted by atomic mass is 10.1. The van der Waals surface area contributed by atoms with Crippen LogP contribution in [0.25, 0.3) is 0 Å². The van der Waals surface area contributed by atoms with E-state index in [1.165, 1.54) is 42.7 Å². The molecule has 0 atom stereocenters. The summed E-state index contributed by atoms with van der Waals surface area (Å²) in [6.07, 6.45) is 9.75. The molecule has 0 spiro atoms. The van der Waals surface area contributed by atoms with Crippen molar-refractivity contribution in [2.75, 3.05) is 19.6 Å². The standard InChI is InChI=1S/C18H28N4O2/c1-2-3-4-5-6-7-14-21-17(23)10-11-18(24)22(15-8-12-19)16-9-13-20/h10-11H,2-9,14-16H2,1H3,(H,21,23)/b11-10-. The Labute approximate surface area is 145 Å². The zero-order valence-corrected chi connectivity index (χ0v) is 14.6. The van der Waals surface area contributed by atoms with Crippen LogP contribution in [0.15, 0.2) is 12.2 Å². The summed E-state index contributed by atoms with van der Waals surface area (Å²) in [6, 6.07) is 3.93. The van der Waals surface area contributed by atoms with Crippen LogP contribution >= 0.6 is 0 Å². The SMILES string of the molecule is CCCCCCCCNC(=O)/C=C\C(=O)N(CCC#N)CCC#N. The molecule has 24 heavy (non-hydrogen) atoms. The van der Waals surface area contributed by atoms with Gasteiger partial charge >= 0.3 is 0 Å². The number of nitrogens with one attached hydrogen (secondary N) is 1. The maximum Gasteiger partial charge on any atom is 0.246 e. The van der Waals surface area contributed by atoms with Gasteiger partial charge in [0.2, 0.25) is 11.8 Å². The Kier molecular flexibility index (Phi) is 14.0. The highest BCUT2D eigenvalue weighted by molar-refractivity contribution is 5.96. The molecule has 0 unspecified atom stereocenters. The third-order valence-corrected chi connectivity index (χ3v) is 3.51. The normalized spacial score (nSPS) is 10.1. The number of rotatable bonds is 13. The van der Waals surface area contributed by atoms with Crippen molar-refractivity contribution in [3.63, 3.8) is 0 Å². The summed E-state index contributed by atoms with van der Waals surface area (Å²) in [5.41, 5.74) is 0. The molecule has 6 heteroatoms. The van der Waals surface area contributed by atoms with Gasteiger partial charge in [0.05, 0.1) is 25.0 Å². The Bertz CT molecular complexity index is 456. The molecule has 0 fully saturated rings. The van der Waals surface area contributed by atoms with Crippen LogP contribution < -0.4 is 5.32 Å². The van der Waals surface area contributed by atoms with E-state index in [0.29, 0.717) is 6.54 Å². The first-order valence-corrected chi connectivity index (χ1v) is 8.64. The van der Waals surface area contributed by atoms with Gasteiger partial charge in [-0.1, -0.05) is 39.0 Å². The van der Waals surface area contributed by atoms with E-state index in [0.717, 1.165) is 12.8 Å². The molecule has 1 N–H and O–H groups in total. The second-order valence-corrected chi connectivity index (χ2v) is 5.53. The Morgan fingerprint density at radius 2 is 1.54 bits per heavy atom. The van der Waals surface area contributed by atoms with Crippen molar-refractivity contribution >= 4 is 11.8 Å². The van der Waals surface area contributed by atoms with E-state index in [4.69, 9.17) is 10.5 Å². The summed E-state index contributed by atoms with van der Waals surface area (Å²) in [5.74, 6) is -0.646. The summed E-state index contributed by atoms with van der Waals surface area (Å²) in [6.45, 7) is 3.31. The molecule has 6 nitrogen and oxygen atoms in total. The van der Waals surface area contributed by atoms with Crippen molar-refractivity contribution in [2.24, 2.45) is 0 Å². The molecule has 0 aliphatic heterocycles. The van der Waals surface area contributed by atoms with Crippen LogP contribution in [0.2, 0.25) is 0 Å². The van der Waals surface area contributed by atoms with Crippen molar-refractivity contribution < 1.29 is 9.59 Å². The average molecular weight is 332 g/mol. The summed E-state index contributed by atoms with van der Waals surface area (Å²) in [7, 11) is 0. The smallest absolute Gasteiger partial charge is 0.246 e. The van der Waals surface area contributed by atoms with E-state index >= 15 is 0 Å². The van der Waals surface area contributed by atoms with E-state index in [9.17, 15) is 9.59 Å². The van der Waals surface area contributed by atoms with E-state index in [1.807, 2.05) is 12.1 Å². The number of carbonyl (C=O) groups excluding carboxylic acids is 2. The Hall–Kier alpha value is -2.34. The fourth-order valence-electron chi connectivity index (χ4n) is 2.13. The van der Waals surface area contributed by atoms with Crippen LogP contribution in [0.3, 0.4) is 0 Å².